The van der Waals surface area contributed by atoms with Crippen molar-refractivity contribution in [3.8, 4) is 0 Å². The summed E-state index contributed by atoms with van der Waals surface area (Å²) >= 11 is 6.50. The first kappa shape index (κ1) is 18.7. The molecule has 3 rings (SSSR count). The zero-order chi connectivity index (χ0) is 18.7. The van der Waals surface area contributed by atoms with E-state index in [1.807, 2.05) is 60.7 Å². The standard InChI is InChI=1S/C19H16O4S3/c20-17(21)15-16(18(22)23)26(19(24)25-15,11-13-7-3-1-4-8-13)12-14-9-5-2-6-10-14/h1-10H,11-12H2,(H,20,21)(H,22,23). The monoisotopic (exact) mass is 404 g/mol. The van der Waals surface area contributed by atoms with E-state index in [1.54, 1.807) is 0 Å². The van der Waals surface area contributed by atoms with Crippen molar-refractivity contribution in [2.24, 2.45) is 0 Å². The second-order valence-electron chi connectivity index (χ2n) is 5.76. The maximum Gasteiger partial charge on any atom is 0.343 e. The van der Waals surface area contributed by atoms with E-state index in [0.717, 1.165) is 22.9 Å². The fourth-order valence-electron chi connectivity index (χ4n) is 2.91. The molecule has 7 heteroatoms. The summed E-state index contributed by atoms with van der Waals surface area (Å²) in [5.41, 5.74) is 1.90. The maximum absolute atomic E-state index is 12.1. The van der Waals surface area contributed by atoms with Crippen LogP contribution in [0.4, 0.5) is 0 Å². The van der Waals surface area contributed by atoms with E-state index in [9.17, 15) is 19.8 Å². The van der Waals surface area contributed by atoms with Crippen LogP contribution in [0, 0.1) is 0 Å². The van der Waals surface area contributed by atoms with Crippen molar-refractivity contribution in [3.05, 3.63) is 81.6 Å². The second kappa shape index (κ2) is 7.65. The molecule has 0 amide bonds. The van der Waals surface area contributed by atoms with Crippen molar-refractivity contribution < 1.29 is 19.8 Å². The number of hydrogen-bond acceptors (Lipinski definition) is 4. The Hall–Kier alpha value is -2.09. The largest absolute Gasteiger partial charge is 0.477 e. The van der Waals surface area contributed by atoms with Crippen molar-refractivity contribution in [2.45, 2.75) is 11.5 Å². The normalized spacial score (nSPS) is 17.2. The second-order valence-corrected chi connectivity index (χ2v) is 11.1. The molecule has 1 heterocycles. The molecule has 0 atom stereocenters. The number of carboxylic acids is 2. The summed E-state index contributed by atoms with van der Waals surface area (Å²) in [7, 11) is -2.19. The molecular formula is C19H16O4S3. The summed E-state index contributed by atoms with van der Waals surface area (Å²) in [6.45, 7) is 0. The first-order valence-corrected chi connectivity index (χ1v) is 10.9. The summed E-state index contributed by atoms with van der Waals surface area (Å²) in [6, 6.07) is 19.0. The zero-order valence-electron chi connectivity index (χ0n) is 13.6. The predicted molar refractivity (Wildman–Crippen MR) is 110 cm³/mol. The minimum absolute atomic E-state index is 0.0345. The molecule has 26 heavy (non-hydrogen) atoms. The average molecular weight is 405 g/mol. The summed E-state index contributed by atoms with van der Waals surface area (Å²) in [5.74, 6) is -1.58. The molecule has 0 bridgehead atoms. The molecule has 0 unspecified atom stereocenters. The van der Waals surface area contributed by atoms with Gasteiger partial charge in [-0.05, 0) is 11.1 Å². The molecule has 134 valence electrons. The SMILES string of the molecule is O=C(O)C1=C(C(=O)O)S(Cc2ccccc2)(Cc2ccccc2)C(=S)S1. The van der Waals surface area contributed by atoms with Gasteiger partial charge in [0.2, 0.25) is 0 Å². The van der Waals surface area contributed by atoms with Crippen LogP contribution < -0.4 is 0 Å². The van der Waals surface area contributed by atoms with Gasteiger partial charge in [-0.3, -0.25) is 0 Å². The van der Waals surface area contributed by atoms with E-state index in [2.05, 4.69) is 0 Å². The third-order valence-electron chi connectivity index (χ3n) is 4.00. The topological polar surface area (TPSA) is 74.6 Å². The van der Waals surface area contributed by atoms with Gasteiger partial charge in [0.1, 0.15) is 9.81 Å². The minimum Gasteiger partial charge on any atom is -0.477 e. The number of hydrogen-bond donors (Lipinski definition) is 2. The molecule has 0 saturated heterocycles. The van der Waals surface area contributed by atoms with E-state index in [1.165, 1.54) is 0 Å². The summed E-state index contributed by atoms with van der Waals surface area (Å²) in [5, 5.41) is 19.4. The van der Waals surface area contributed by atoms with Crippen LogP contribution in [0.3, 0.4) is 0 Å². The molecule has 0 fully saturated rings. The molecule has 1 aliphatic rings. The molecule has 2 aromatic rings. The fourth-order valence-corrected chi connectivity index (χ4v) is 9.38. The number of carboxylic acid groups (broad SMARTS) is 2. The van der Waals surface area contributed by atoms with Crippen molar-refractivity contribution >= 4 is 49.5 Å². The lowest BCUT2D eigenvalue weighted by molar-refractivity contribution is -0.134. The van der Waals surface area contributed by atoms with Crippen LogP contribution in [-0.4, -0.2) is 25.7 Å². The lowest BCUT2D eigenvalue weighted by Gasteiger charge is -2.36. The van der Waals surface area contributed by atoms with Gasteiger partial charge in [-0.1, -0.05) is 84.6 Å². The number of thiocarbonyl (C=S) groups is 1. The molecule has 2 aromatic carbocycles. The first-order chi connectivity index (χ1) is 12.4. The van der Waals surface area contributed by atoms with Crippen molar-refractivity contribution in [2.75, 3.05) is 0 Å². The van der Waals surface area contributed by atoms with Gasteiger partial charge in [-0.25, -0.2) is 9.59 Å². The van der Waals surface area contributed by atoms with Gasteiger partial charge in [0.25, 0.3) is 0 Å². The van der Waals surface area contributed by atoms with E-state index in [0.29, 0.717) is 15.0 Å². The molecule has 0 spiro atoms. The Labute approximate surface area is 162 Å². The lowest BCUT2D eigenvalue weighted by atomic mass is 10.2. The third-order valence-corrected chi connectivity index (χ3v) is 10.7. The number of carbonyl (C=O) groups is 2. The Morgan fingerprint density at radius 2 is 1.31 bits per heavy atom. The molecule has 0 radical (unpaired) electrons. The van der Waals surface area contributed by atoms with Gasteiger partial charge in [-0.2, -0.15) is 10.0 Å². The van der Waals surface area contributed by atoms with Crippen LogP contribution in [0.1, 0.15) is 11.1 Å². The Morgan fingerprint density at radius 1 is 0.846 bits per heavy atom. The molecule has 1 aliphatic heterocycles. The van der Waals surface area contributed by atoms with Gasteiger partial charge >= 0.3 is 11.9 Å². The summed E-state index contributed by atoms with van der Waals surface area (Å²) in [6.07, 6.45) is 0. The highest BCUT2D eigenvalue weighted by Crippen LogP contribution is 2.70. The highest BCUT2D eigenvalue weighted by molar-refractivity contribution is 8.67. The Morgan fingerprint density at radius 3 is 1.69 bits per heavy atom. The Balaban J connectivity index is 2.17. The molecule has 0 aliphatic carbocycles. The smallest absolute Gasteiger partial charge is 0.343 e. The highest BCUT2D eigenvalue weighted by atomic mass is 32.3. The van der Waals surface area contributed by atoms with E-state index in [-0.39, 0.29) is 9.81 Å². The van der Waals surface area contributed by atoms with Crippen LogP contribution in [0.15, 0.2) is 70.5 Å². The number of thioether (sulfide) groups is 1. The maximum atomic E-state index is 12.1. The van der Waals surface area contributed by atoms with Crippen LogP contribution in [0.2, 0.25) is 0 Å². The average Bonchev–Trinajstić information content (AvgIpc) is 2.89. The molecule has 0 aromatic heterocycles. The van der Waals surface area contributed by atoms with Crippen LogP contribution in [-0.2, 0) is 21.1 Å². The van der Waals surface area contributed by atoms with Gasteiger partial charge < -0.3 is 10.2 Å². The predicted octanol–water partition coefficient (Wildman–Crippen LogP) is 4.60. The van der Waals surface area contributed by atoms with Crippen LogP contribution in [0.25, 0.3) is 0 Å². The van der Waals surface area contributed by atoms with Crippen LogP contribution in [0.5, 0.6) is 0 Å². The first-order valence-electron chi connectivity index (χ1n) is 7.73. The summed E-state index contributed by atoms with van der Waals surface area (Å²) < 4.78 is 0.472. The van der Waals surface area contributed by atoms with Gasteiger partial charge in [0.05, 0.1) is 3.53 Å². The van der Waals surface area contributed by atoms with Crippen molar-refractivity contribution in [1.29, 1.82) is 0 Å². The van der Waals surface area contributed by atoms with Gasteiger partial charge in [-0.15, -0.1) is 0 Å². The van der Waals surface area contributed by atoms with Crippen molar-refractivity contribution in [1.82, 2.24) is 0 Å². The zero-order valence-corrected chi connectivity index (χ0v) is 16.1. The number of aliphatic carboxylic acids is 2. The van der Waals surface area contributed by atoms with Crippen LogP contribution >= 0.6 is 34.0 Å². The minimum atomic E-state index is -2.19. The Kier molecular flexibility index (Phi) is 5.50. The van der Waals surface area contributed by atoms with Gasteiger partial charge in [0, 0.05) is 11.5 Å². The fraction of sp³-hybridized carbons (Fsp3) is 0.105. The molecule has 4 nitrogen and oxygen atoms in total. The summed E-state index contributed by atoms with van der Waals surface area (Å²) in [4.78, 5) is 23.6. The number of benzene rings is 2. The number of rotatable bonds is 6. The highest BCUT2D eigenvalue weighted by Gasteiger charge is 2.47. The quantitative estimate of drug-likeness (QED) is 0.541. The van der Waals surface area contributed by atoms with Gasteiger partial charge in [0.15, 0.2) is 0 Å². The molecule has 0 saturated carbocycles. The molecular weight excluding hydrogens is 388 g/mol. The lowest BCUT2D eigenvalue weighted by Crippen LogP contribution is -2.18. The van der Waals surface area contributed by atoms with E-state index < -0.39 is 22.0 Å². The van der Waals surface area contributed by atoms with E-state index in [4.69, 9.17) is 12.2 Å². The molecule has 2 N–H and O–H groups in total. The Bertz CT molecular complexity index is 850. The van der Waals surface area contributed by atoms with Crippen molar-refractivity contribution in [3.63, 3.8) is 0 Å². The third kappa shape index (κ3) is 3.56. The van der Waals surface area contributed by atoms with E-state index >= 15 is 0 Å².